The Morgan fingerprint density at radius 1 is 1.16 bits per heavy atom. The lowest BCUT2D eigenvalue weighted by atomic mass is 10.1. The van der Waals surface area contributed by atoms with Crippen molar-refractivity contribution in [3.05, 3.63) is 58.4 Å². The van der Waals surface area contributed by atoms with Gasteiger partial charge in [0.25, 0.3) is 0 Å². The van der Waals surface area contributed by atoms with E-state index in [-0.39, 0.29) is 11.8 Å². The largest absolute Gasteiger partial charge is 0.453 e. The number of hydrogen-bond acceptors (Lipinski definition) is 2. The Labute approximate surface area is 117 Å². The lowest BCUT2D eigenvalue weighted by molar-refractivity contribution is 0.442. The fourth-order valence-corrected chi connectivity index (χ4v) is 1.92. The van der Waals surface area contributed by atoms with E-state index >= 15 is 0 Å². The third-order valence-electron chi connectivity index (χ3n) is 2.79. The van der Waals surface area contributed by atoms with Crippen molar-refractivity contribution in [1.29, 1.82) is 0 Å². The van der Waals surface area contributed by atoms with Gasteiger partial charge in [0.1, 0.15) is 5.75 Å². The predicted octanol–water partition coefficient (Wildman–Crippen LogP) is 4.60. The first-order valence-electron chi connectivity index (χ1n) is 5.96. The van der Waals surface area contributed by atoms with Gasteiger partial charge in [-0.1, -0.05) is 23.7 Å². The van der Waals surface area contributed by atoms with E-state index in [1.165, 1.54) is 6.07 Å². The summed E-state index contributed by atoms with van der Waals surface area (Å²) in [6.07, 6.45) is 0. The summed E-state index contributed by atoms with van der Waals surface area (Å²) in [5, 5.41) is 0.413. The summed E-state index contributed by atoms with van der Waals surface area (Å²) in [6, 6.07) is 9.82. The van der Waals surface area contributed by atoms with Crippen LogP contribution in [0.3, 0.4) is 0 Å². The van der Waals surface area contributed by atoms with Crippen molar-refractivity contribution >= 4 is 11.6 Å². The van der Waals surface area contributed by atoms with E-state index < -0.39 is 5.82 Å². The molecule has 0 aliphatic rings. The summed E-state index contributed by atoms with van der Waals surface area (Å²) in [5.74, 6) is 0.156. The molecule has 0 fully saturated rings. The molecule has 0 amide bonds. The SMILES string of the molecule is Cc1ccc(F)c(Oc2ccc(C(C)N)cc2Cl)c1. The molecule has 2 aromatic rings. The van der Waals surface area contributed by atoms with E-state index in [9.17, 15) is 4.39 Å². The van der Waals surface area contributed by atoms with Gasteiger partial charge in [-0.15, -0.1) is 0 Å². The van der Waals surface area contributed by atoms with Crippen LogP contribution in [-0.2, 0) is 0 Å². The van der Waals surface area contributed by atoms with E-state index in [0.717, 1.165) is 11.1 Å². The van der Waals surface area contributed by atoms with E-state index in [0.29, 0.717) is 10.8 Å². The molecule has 0 bridgehead atoms. The minimum Gasteiger partial charge on any atom is -0.453 e. The quantitative estimate of drug-likeness (QED) is 0.891. The molecule has 0 saturated carbocycles. The molecule has 0 aliphatic heterocycles. The minimum atomic E-state index is -0.419. The van der Waals surface area contributed by atoms with Crippen LogP contribution in [0.5, 0.6) is 11.5 Å². The number of ether oxygens (including phenoxy) is 1. The molecule has 0 spiro atoms. The lowest BCUT2D eigenvalue weighted by Crippen LogP contribution is -2.04. The summed E-state index contributed by atoms with van der Waals surface area (Å²) in [7, 11) is 0. The maximum atomic E-state index is 13.6. The van der Waals surface area contributed by atoms with Crippen LogP contribution in [0.25, 0.3) is 0 Å². The van der Waals surface area contributed by atoms with Crippen LogP contribution in [0, 0.1) is 12.7 Å². The van der Waals surface area contributed by atoms with Gasteiger partial charge in [0.15, 0.2) is 11.6 Å². The number of halogens is 2. The second-order valence-electron chi connectivity index (χ2n) is 4.51. The van der Waals surface area contributed by atoms with Gasteiger partial charge in [-0.25, -0.2) is 4.39 Å². The first-order chi connectivity index (χ1) is 8.97. The molecular formula is C15H15ClFNO. The number of benzene rings is 2. The first-order valence-corrected chi connectivity index (χ1v) is 6.34. The molecule has 100 valence electrons. The molecule has 0 aliphatic carbocycles. The first kappa shape index (κ1) is 13.8. The number of nitrogens with two attached hydrogens (primary N) is 1. The fraction of sp³-hybridized carbons (Fsp3) is 0.200. The summed E-state index contributed by atoms with van der Waals surface area (Å²) in [5.41, 5.74) is 7.59. The Balaban J connectivity index is 2.31. The molecule has 4 heteroatoms. The lowest BCUT2D eigenvalue weighted by Gasteiger charge is -2.11. The smallest absolute Gasteiger partial charge is 0.165 e. The average molecular weight is 280 g/mol. The molecular weight excluding hydrogens is 265 g/mol. The predicted molar refractivity (Wildman–Crippen MR) is 75.3 cm³/mol. The van der Waals surface area contributed by atoms with Gasteiger partial charge in [-0.2, -0.15) is 0 Å². The van der Waals surface area contributed by atoms with Crippen LogP contribution >= 0.6 is 11.6 Å². The van der Waals surface area contributed by atoms with Crippen LogP contribution in [0.2, 0.25) is 5.02 Å². The van der Waals surface area contributed by atoms with Gasteiger partial charge in [0.05, 0.1) is 5.02 Å². The third kappa shape index (κ3) is 3.25. The second-order valence-corrected chi connectivity index (χ2v) is 4.92. The monoisotopic (exact) mass is 279 g/mol. The molecule has 0 aromatic heterocycles. The third-order valence-corrected chi connectivity index (χ3v) is 3.08. The molecule has 1 atom stereocenters. The minimum absolute atomic E-state index is 0.109. The van der Waals surface area contributed by atoms with Crippen LogP contribution in [0.4, 0.5) is 4.39 Å². The van der Waals surface area contributed by atoms with E-state index in [1.54, 1.807) is 24.3 Å². The number of aryl methyl sites for hydroxylation is 1. The summed E-state index contributed by atoms with van der Waals surface area (Å²) >= 11 is 6.11. The highest BCUT2D eigenvalue weighted by atomic mass is 35.5. The van der Waals surface area contributed by atoms with Crippen molar-refractivity contribution in [2.45, 2.75) is 19.9 Å². The van der Waals surface area contributed by atoms with Crippen molar-refractivity contribution in [3.63, 3.8) is 0 Å². The van der Waals surface area contributed by atoms with Crippen molar-refractivity contribution in [2.24, 2.45) is 5.73 Å². The van der Waals surface area contributed by atoms with Gasteiger partial charge >= 0.3 is 0 Å². The highest BCUT2D eigenvalue weighted by Crippen LogP contribution is 2.32. The van der Waals surface area contributed by atoms with Crippen molar-refractivity contribution in [3.8, 4) is 11.5 Å². The highest BCUT2D eigenvalue weighted by molar-refractivity contribution is 6.32. The Morgan fingerprint density at radius 3 is 2.53 bits per heavy atom. The topological polar surface area (TPSA) is 35.2 Å². The van der Waals surface area contributed by atoms with Crippen molar-refractivity contribution < 1.29 is 9.13 Å². The van der Waals surface area contributed by atoms with E-state index in [1.807, 2.05) is 19.9 Å². The maximum Gasteiger partial charge on any atom is 0.165 e. The molecule has 2 N–H and O–H groups in total. The molecule has 1 unspecified atom stereocenters. The molecule has 2 nitrogen and oxygen atoms in total. The zero-order chi connectivity index (χ0) is 14.0. The Hall–Kier alpha value is -1.58. The van der Waals surface area contributed by atoms with Crippen LogP contribution < -0.4 is 10.5 Å². The van der Waals surface area contributed by atoms with Crippen molar-refractivity contribution in [2.75, 3.05) is 0 Å². The average Bonchev–Trinajstić information content (AvgIpc) is 2.36. The highest BCUT2D eigenvalue weighted by Gasteiger charge is 2.10. The standard InChI is InChI=1S/C15H15ClFNO/c1-9-3-5-13(17)15(7-9)19-14-6-4-11(10(2)18)8-12(14)16/h3-8,10H,18H2,1-2H3. The van der Waals surface area contributed by atoms with E-state index in [4.69, 9.17) is 22.1 Å². The van der Waals surface area contributed by atoms with E-state index in [2.05, 4.69) is 0 Å². The molecule has 0 radical (unpaired) electrons. The van der Waals surface area contributed by atoms with Crippen LogP contribution in [0.15, 0.2) is 36.4 Å². The number of rotatable bonds is 3. The summed E-state index contributed by atoms with van der Waals surface area (Å²) < 4.78 is 19.1. The summed E-state index contributed by atoms with van der Waals surface area (Å²) in [4.78, 5) is 0. The molecule has 0 saturated heterocycles. The maximum absolute atomic E-state index is 13.6. The molecule has 2 aromatic carbocycles. The second kappa shape index (κ2) is 5.59. The number of hydrogen-bond donors (Lipinski definition) is 1. The molecule has 2 rings (SSSR count). The molecule has 0 heterocycles. The van der Waals surface area contributed by atoms with Gasteiger partial charge in [-0.3, -0.25) is 0 Å². The Kier molecular flexibility index (Phi) is 4.08. The zero-order valence-electron chi connectivity index (χ0n) is 10.8. The normalized spacial score (nSPS) is 12.3. The Morgan fingerprint density at radius 2 is 1.89 bits per heavy atom. The zero-order valence-corrected chi connectivity index (χ0v) is 11.5. The van der Waals surface area contributed by atoms with Crippen LogP contribution in [0.1, 0.15) is 24.1 Å². The Bertz CT molecular complexity index is 599. The summed E-state index contributed by atoms with van der Waals surface area (Å²) in [6.45, 7) is 3.74. The van der Waals surface area contributed by atoms with Gasteiger partial charge < -0.3 is 10.5 Å². The fourth-order valence-electron chi connectivity index (χ4n) is 1.69. The van der Waals surface area contributed by atoms with Gasteiger partial charge in [-0.05, 0) is 49.2 Å². The van der Waals surface area contributed by atoms with Crippen LogP contribution in [-0.4, -0.2) is 0 Å². The van der Waals surface area contributed by atoms with Gasteiger partial charge in [0.2, 0.25) is 0 Å². The van der Waals surface area contributed by atoms with Crippen molar-refractivity contribution in [1.82, 2.24) is 0 Å². The molecule has 19 heavy (non-hydrogen) atoms. The van der Waals surface area contributed by atoms with Gasteiger partial charge in [0, 0.05) is 6.04 Å².